The maximum Gasteiger partial charge on any atom is 0.422 e. The van der Waals surface area contributed by atoms with Gasteiger partial charge in [0, 0.05) is 24.5 Å². The van der Waals surface area contributed by atoms with Crippen molar-refractivity contribution in [3.05, 3.63) is 87.8 Å². The molecule has 3 N–H and O–H groups in total. The Morgan fingerprint density at radius 3 is 2.32 bits per heavy atom. The summed E-state index contributed by atoms with van der Waals surface area (Å²) < 4.78 is 81.8. The van der Waals surface area contributed by atoms with E-state index < -0.39 is 41.9 Å². The Labute approximate surface area is 188 Å². The molecule has 2 aromatic carbocycles. The van der Waals surface area contributed by atoms with Crippen LogP contribution < -0.4 is 20.9 Å². The first-order valence-corrected chi connectivity index (χ1v) is 9.65. The minimum atomic E-state index is -4.97. The van der Waals surface area contributed by atoms with Gasteiger partial charge in [0.1, 0.15) is 5.75 Å². The summed E-state index contributed by atoms with van der Waals surface area (Å²) in [6, 6.07) is 11.0. The van der Waals surface area contributed by atoms with Crippen LogP contribution in [-0.4, -0.2) is 23.7 Å². The van der Waals surface area contributed by atoms with Crippen LogP contribution in [-0.2, 0) is 12.7 Å². The largest absolute Gasteiger partial charge is 0.484 e. The van der Waals surface area contributed by atoms with Crippen molar-refractivity contribution in [1.29, 1.82) is 0 Å². The summed E-state index contributed by atoms with van der Waals surface area (Å²) in [7, 11) is 0. The first-order valence-electron chi connectivity index (χ1n) is 9.65. The Kier molecular flexibility index (Phi) is 7.18. The van der Waals surface area contributed by atoms with Gasteiger partial charge in [-0.3, -0.25) is 9.59 Å². The highest BCUT2D eigenvalue weighted by Gasteiger charge is 2.35. The minimum absolute atomic E-state index is 0.0254. The third-order valence-electron chi connectivity index (χ3n) is 4.45. The molecule has 0 saturated heterocycles. The second-order valence-electron chi connectivity index (χ2n) is 7.02. The molecule has 0 aliphatic heterocycles. The molecular weight excluding hydrogens is 468 g/mol. The van der Waals surface area contributed by atoms with Gasteiger partial charge in [0.05, 0.1) is 16.8 Å². The van der Waals surface area contributed by atoms with Gasteiger partial charge in [-0.15, -0.1) is 0 Å². The van der Waals surface area contributed by atoms with E-state index in [0.717, 1.165) is 12.1 Å². The van der Waals surface area contributed by atoms with Crippen LogP contribution in [0.2, 0.25) is 0 Å². The number of para-hydroxylation sites is 1. The van der Waals surface area contributed by atoms with E-state index >= 15 is 0 Å². The Bertz CT molecular complexity index is 1200. The number of carbonyl (C=O) groups excluding carboxylic acids is 1. The van der Waals surface area contributed by atoms with Crippen LogP contribution in [0.4, 0.5) is 37.7 Å². The summed E-state index contributed by atoms with van der Waals surface area (Å²) in [5.74, 6) is -1.52. The zero-order valence-corrected chi connectivity index (χ0v) is 17.2. The average Bonchev–Trinajstić information content (AvgIpc) is 2.77. The first kappa shape index (κ1) is 24.7. The predicted octanol–water partition coefficient (Wildman–Crippen LogP) is 5.20. The molecule has 0 fully saturated rings. The molecule has 0 spiro atoms. The summed E-state index contributed by atoms with van der Waals surface area (Å²) in [6.45, 7) is -1.55. The highest BCUT2D eigenvalue weighted by Crippen LogP contribution is 2.38. The van der Waals surface area contributed by atoms with E-state index in [4.69, 9.17) is 0 Å². The van der Waals surface area contributed by atoms with Crippen LogP contribution in [0.15, 0.2) is 65.6 Å². The number of pyridine rings is 1. The van der Waals surface area contributed by atoms with Crippen molar-refractivity contribution in [2.24, 2.45) is 0 Å². The molecular formula is C22H17F6N3O3. The lowest BCUT2D eigenvalue weighted by atomic mass is 10.1. The molecule has 0 unspecified atom stereocenters. The lowest BCUT2D eigenvalue weighted by Gasteiger charge is -2.17. The van der Waals surface area contributed by atoms with Crippen molar-refractivity contribution in [2.75, 3.05) is 17.2 Å². The fraction of sp³-hybridized carbons (Fsp3) is 0.182. The van der Waals surface area contributed by atoms with Gasteiger partial charge >= 0.3 is 12.4 Å². The van der Waals surface area contributed by atoms with Crippen molar-refractivity contribution in [3.8, 4) is 5.75 Å². The zero-order chi connectivity index (χ0) is 24.9. The van der Waals surface area contributed by atoms with Crippen molar-refractivity contribution in [3.63, 3.8) is 0 Å². The molecule has 0 atom stereocenters. The van der Waals surface area contributed by atoms with Gasteiger partial charge in [-0.05, 0) is 35.9 Å². The summed E-state index contributed by atoms with van der Waals surface area (Å²) in [4.78, 5) is 26.4. The van der Waals surface area contributed by atoms with Gasteiger partial charge < -0.3 is 20.4 Å². The number of halogens is 6. The van der Waals surface area contributed by atoms with Crippen LogP contribution in [0.1, 0.15) is 21.5 Å². The molecule has 34 heavy (non-hydrogen) atoms. The molecule has 0 radical (unpaired) electrons. The normalized spacial score (nSPS) is 11.7. The van der Waals surface area contributed by atoms with Crippen LogP contribution in [0, 0.1) is 0 Å². The van der Waals surface area contributed by atoms with Gasteiger partial charge in [-0.1, -0.05) is 18.2 Å². The van der Waals surface area contributed by atoms with Gasteiger partial charge in [0.2, 0.25) is 5.56 Å². The quantitative estimate of drug-likeness (QED) is 0.402. The number of carbonyl (C=O) groups is 1. The standard InChI is InChI=1S/C22H17F6N3O3/c23-21(24,25)12-34-14-6-7-18(16(9-14)22(26,27)28)31-20(33)15-3-1-2-4-17(15)29-10-13-5-8-19(32)30-11-13/h1-9,11,29H,10,12H2,(H,30,32)(H,31,33). The van der Waals surface area contributed by atoms with Crippen molar-refractivity contribution in [1.82, 2.24) is 4.98 Å². The predicted molar refractivity (Wildman–Crippen MR) is 112 cm³/mol. The van der Waals surface area contributed by atoms with E-state index in [1.807, 2.05) is 0 Å². The van der Waals surface area contributed by atoms with Crippen molar-refractivity contribution < 1.29 is 35.9 Å². The monoisotopic (exact) mass is 485 g/mol. The van der Waals surface area contributed by atoms with E-state index in [1.165, 1.54) is 24.4 Å². The van der Waals surface area contributed by atoms with Crippen molar-refractivity contribution in [2.45, 2.75) is 18.9 Å². The van der Waals surface area contributed by atoms with E-state index in [1.54, 1.807) is 18.2 Å². The number of H-pyrrole nitrogens is 1. The third-order valence-corrected chi connectivity index (χ3v) is 4.45. The lowest BCUT2D eigenvalue weighted by molar-refractivity contribution is -0.153. The number of amides is 1. The number of alkyl halides is 6. The molecule has 1 aromatic heterocycles. The number of anilines is 2. The van der Waals surface area contributed by atoms with Crippen LogP contribution in [0.25, 0.3) is 0 Å². The number of benzene rings is 2. The molecule has 180 valence electrons. The highest BCUT2D eigenvalue weighted by atomic mass is 19.4. The minimum Gasteiger partial charge on any atom is -0.484 e. The number of aromatic amines is 1. The Balaban J connectivity index is 1.81. The Morgan fingerprint density at radius 1 is 0.941 bits per heavy atom. The van der Waals surface area contributed by atoms with Crippen LogP contribution >= 0.6 is 0 Å². The molecule has 1 amide bonds. The number of hydrogen-bond donors (Lipinski definition) is 3. The fourth-order valence-electron chi connectivity index (χ4n) is 2.90. The second-order valence-corrected chi connectivity index (χ2v) is 7.02. The smallest absolute Gasteiger partial charge is 0.422 e. The summed E-state index contributed by atoms with van der Waals surface area (Å²) in [5.41, 5.74) is -1.28. The number of ether oxygens (including phenoxy) is 1. The van der Waals surface area contributed by atoms with Crippen LogP contribution in [0.3, 0.4) is 0 Å². The number of nitrogens with one attached hydrogen (secondary N) is 3. The molecule has 3 rings (SSSR count). The maximum atomic E-state index is 13.5. The molecule has 0 bridgehead atoms. The molecule has 1 heterocycles. The maximum absolute atomic E-state index is 13.5. The second kappa shape index (κ2) is 9.89. The summed E-state index contributed by atoms with van der Waals surface area (Å²) >= 11 is 0. The number of hydrogen-bond acceptors (Lipinski definition) is 4. The number of aromatic nitrogens is 1. The van der Waals surface area contributed by atoms with Gasteiger partial charge in [0.15, 0.2) is 6.61 Å². The Morgan fingerprint density at radius 2 is 1.68 bits per heavy atom. The molecule has 12 heteroatoms. The average molecular weight is 485 g/mol. The third kappa shape index (κ3) is 6.77. The summed E-state index contributed by atoms with van der Waals surface area (Å²) in [6.07, 6.45) is -8.23. The molecule has 0 saturated carbocycles. The van der Waals surface area contributed by atoms with E-state index in [9.17, 15) is 35.9 Å². The fourth-order valence-corrected chi connectivity index (χ4v) is 2.90. The van der Waals surface area contributed by atoms with Crippen LogP contribution in [0.5, 0.6) is 5.75 Å². The SMILES string of the molecule is O=C(Nc1ccc(OCC(F)(F)F)cc1C(F)(F)F)c1ccccc1NCc1ccc(=O)[nH]c1. The van der Waals surface area contributed by atoms with Gasteiger partial charge in [-0.2, -0.15) is 26.3 Å². The summed E-state index contributed by atoms with van der Waals surface area (Å²) in [5, 5.41) is 5.12. The highest BCUT2D eigenvalue weighted by molar-refractivity contribution is 6.08. The number of rotatable bonds is 7. The van der Waals surface area contributed by atoms with Gasteiger partial charge in [-0.25, -0.2) is 0 Å². The molecule has 0 aliphatic rings. The molecule has 6 nitrogen and oxygen atoms in total. The topological polar surface area (TPSA) is 83.2 Å². The van der Waals surface area contributed by atoms with E-state index in [0.29, 0.717) is 17.3 Å². The zero-order valence-electron chi connectivity index (χ0n) is 17.2. The lowest BCUT2D eigenvalue weighted by Crippen LogP contribution is -2.20. The van der Waals surface area contributed by atoms with E-state index in [-0.39, 0.29) is 17.7 Å². The first-order chi connectivity index (χ1) is 15.9. The molecule has 0 aliphatic carbocycles. The van der Waals surface area contributed by atoms with Gasteiger partial charge in [0.25, 0.3) is 5.91 Å². The van der Waals surface area contributed by atoms with Crippen molar-refractivity contribution >= 4 is 17.3 Å². The molecule has 3 aromatic rings. The van der Waals surface area contributed by atoms with E-state index in [2.05, 4.69) is 20.4 Å². The Hall–Kier alpha value is -3.96.